The second kappa shape index (κ2) is 8.12. The van der Waals surface area contributed by atoms with Gasteiger partial charge < -0.3 is 25.4 Å². The maximum absolute atomic E-state index is 6.43. The highest BCUT2D eigenvalue weighted by Gasteiger charge is 2.25. The summed E-state index contributed by atoms with van der Waals surface area (Å²) in [7, 11) is 3.24. The minimum atomic E-state index is 0.476. The number of benzene rings is 1. The van der Waals surface area contributed by atoms with E-state index in [9.17, 15) is 0 Å². The molecule has 1 aliphatic heterocycles. The molecule has 1 fully saturated rings. The van der Waals surface area contributed by atoms with Gasteiger partial charge in [-0.25, -0.2) is 9.97 Å². The predicted octanol–water partition coefficient (Wildman–Crippen LogP) is 3.59. The molecule has 1 aromatic carbocycles. The molecule has 0 saturated carbocycles. The van der Waals surface area contributed by atoms with Crippen molar-refractivity contribution >= 4 is 23.0 Å². The largest absolute Gasteiger partial charge is 0.497 e. The first-order chi connectivity index (χ1) is 12.7. The van der Waals surface area contributed by atoms with E-state index in [0.717, 1.165) is 36.6 Å². The van der Waals surface area contributed by atoms with Crippen LogP contribution in [-0.4, -0.2) is 36.8 Å². The third-order valence-corrected chi connectivity index (χ3v) is 4.90. The molecule has 7 heteroatoms. The van der Waals surface area contributed by atoms with Gasteiger partial charge in [-0.1, -0.05) is 6.92 Å². The molecule has 26 heavy (non-hydrogen) atoms. The molecule has 1 saturated heterocycles. The van der Waals surface area contributed by atoms with Crippen molar-refractivity contribution in [1.29, 1.82) is 0 Å². The molecule has 1 aliphatic rings. The summed E-state index contributed by atoms with van der Waals surface area (Å²) in [6, 6.07) is 6.04. The summed E-state index contributed by atoms with van der Waals surface area (Å²) in [6.45, 7) is 3.19. The van der Waals surface area contributed by atoms with Crippen LogP contribution in [-0.2, 0) is 0 Å². The van der Waals surface area contributed by atoms with Crippen LogP contribution >= 0.6 is 0 Å². The van der Waals surface area contributed by atoms with Crippen LogP contribution in [0, 0.1) is 0 Å². The number of nitrogens with two attached hydrogens (primary N) is 1. The summed E-state index contributed by atoms with van der Waals surface area (Å²) in [5.41, 5.74) is 7.77. The van der Waals surface area contributed by atoms with E-state index in [4.69, 9.17) is 15.2 Å². The molecule has 3 N–H and O–H groups in total. The zero-order valence-corrected chi connectivity index (χ0v) is 15.7. The van der Waals surface area contributed by atoms with Crippen LogP contribution in [0.3, 0.4) is 0 Å². The molecule has 2 aromatic rings. The Balaban J connectivity index is 1.90. The van der Waals surface area contributed by atoms with Gasteiger partial charge in [0.15, 0.2) is 11.6 Å². The normalized spacial score (nSPS) is 17.0. The number of rotatable bonds is 6. The standard InChI is InChI=1S/C19H27N5O2/c1-4-13-7-5-6-10-24(13)19-17(20)18(21-12-22-19)23-15-9-8-14(25-2)11-16(15)26-3/h8-9,11-13H,4-7,10,20H2,1-3H3,(H,21,22,23). The Kier molecular flexibility index (Phi) is 5.65. The molecule has 7 nitrogen and oxygen atoms in total. The summed E-state index contributed by atoms with van der Waals surface area (Å²) >= 11 is 0. The van der Waals surface area contributed by atoms with Crippen molar-refractivity contribution in [2.24, 2.45) is 0 Å². The van der Waals surface area contributed by atoms with Gasteiger partial charge in [-0.05, 0) is 37.8 Å². The van der Waals surface area contributed by atoms with E-state index in [1.807, 2.05) is 18.2 Å². The summed E-state index contributed by atoms with van der Waals surface area (Å²) in [5.74, 6) is 2.77. The Morgan fingerprint density at radius 3 is 2.81 bits per heavy atom. The third-order valence-electron chi connectivity index (χ3n) is 4.90. The fourth-order valence-corrected chi connectivity index (χ4v) is 3.45. The van der Waals surface area contributed by atoms with Crippen LogP contribution in [0.4, 0.5) is 23.0 Å². The number of nitrogens with one attached hydrogen (secondary N) is 1. The molecule has 2 heterocycles. The number of piperidine rings is 1. The van der Waals surface area contributed by atoms with Crippen LogP contribution in [0.25, 0.3) is 0 Å². The van der Waals surface area contributed by atoms with Gasteiger partial charge in [-0.2, -0.15) is 0 Å². The summed E-state index contributed by atoms with van der Waals surface area (Å²) in [4.78, 5) is 11.1. The summed E-state index contributed by atoms with van der Waals surface area (Å²) in [5, 5.41) is 3.27. The number of methoxy groups -OCH3 is 2. The lowest BCUT2D eigenvalue weighted by atomic mass is 10.00. The highest BCUT2D eigenvalue weighted by molar-refractivity contribution is 5.80. The van der Waals surface area contributed by atoms with Gasteiger partial charge in [-0.15, -0.1) is 0 Å². The van der Waals surface area contributed by atoms with Crippen LogP contribution in [0.2, 0.25) is 0 Å². The minimum Gasteiger partial charge on any atom is -0.497 e. The fraction of sp³-hybridized carbons (Fsp3) is 0.474. The molecular formula is C19H27N5O2. The highest BCUT2D eigenvalue weighted by Crippen LogP contribution is 2.36. The number of anilines is 4. The van der Waals surface area contributed by atoms with Gasteiger partial charge in [0.25, 0.3) is 0 Å². The Morgan fingerprint density at radius 1 is 1.23 bits per heavy atom. The molecule has 0 amide bonds. The van der Waals surface area contributed by atoms with Crippen molar-refractivity contribution in [2.75, 3.05) is 36.7 Å². The molecule has 140 valence electrons. The lowest BCUT2D eigenvalue weighted by Gasteiger charge is -2.36. The van der Waals surface area contributed by atoms with E-state index in [2.05, 4.69) is 27.1 Å². The Hall–Kier alpha value is -2.70. The molecule has 0 spiro atoms. The number of ether oxygens (including phenoxy) is 2. The smallest absolute Gasteiger partial charge is 0.159 e. The number of aromatic nitrogens is 2. The lowest BCUT2D eigenvalue weighted by Crippen LogP contribution is -2.40. The van der Waals surface area contributed by atoms with E-state index >= 15 is 0 Å². The van der Waals surface area contributed by atoms with E-state index in [-0.39, 0.29) is 0 Å². The van der Waals surface area contributed by atoms with Crippen molar-refractivity contribution < 1.29 is 9.47 Å². The zero-order chi connectivity index (χ0) is 18.5. The zero-order valence-electron chi connectivity index (χ0n) is 15.7. The molecule has 0 aliphatic carbocycles. The molecule has 3 rings (SSSR count). The van der Waals surface area contributed by atoms with Crippen molar-refractivity contribution in [2.45, 2.75) is 38.6 Å². The Bertz CT molecular complexity index is 753. The first kappa shape index (κ1) is 18.1. The average molecular weight is 357 g/mol. The topological polar surface area (TPSA) is 85.5 Å². The van der Waals surface area contributed by atoms with Crippen LogP contribution < -0.4 is 25.4 Å². The van der Waals surface area contributed by atoms with Crippen LogP contribution in [0.1, 0.15) is 32.6 Å². The molecule has 1 aromatic heterocycles. The number of nitrogen functional groups attached to an aromatic ring is 1. The number of nitrogens with zero attached hydrogens (tertiary/aromatic N) is 3. The Morgan fingerprint density at radius 2 is 2.08 bits per heavy atom. The maximum atomic E-state index is 6.43. The van der Waals surface area contributed by atoms with Crippen molar-refractivity contribution in [3.63, 3.8) is 0 Å². The van der Waals surface area contributed by atoms with E-state index in [1.54, 1.807) is 20.5 Å². The lowest BCUT2D eigenvalue weighted by molar-refractivity contribution is 0.395. The van der Waals surface area contributed by atoms with Gasteiger partial charge in [-0.3, -0.25) is 0 Å². The van der Waals surface area contributed by atoms with Crippen LogP contribution in [0.15, 0.2) is 24.5 Å². The van der Waals surface area contributed by atoms with E-state index < -0.39 is 0 Å². The SMILES string of the molecule is CCC1CCCCN1c1ncnc(Nc2ccc(OC)cc2OC)c1N. The van der Waals surface area contributed by atoms with Gasteiger partial charge in [0.2, 0.25) is 0 Å². The monoisotopic (exact) mass is 357 g/mol. The van der Waals surface area contributed by atoms with E-state index in [0.29, 0.717) is 23.3 Å². The molecule has 0 radical (unpaired) electrons. The van der Waals surface area contributed by atoms with Gasteiger partial charge >= 0.3 is 0 Å². The van der Waals surface area contributed by atoms with Crippen molar-refractivity contribution in [3.05, 3.63) is 24.5 Å². The first-order valence-electron chi connectivity index (χ1n) is 9.04. The van der Waals surface area contributed by atoms with Gasteiger partial charge in [0.05, 0.1) is 19.9 Å². The third kappa shape index (κ3) is 3.61. The van der Waals surface area contributed by atoms with Crippen LogP contribution in [0.5, 0.6) is 11.5 Å². The maximum Gasteiger partial charge on any atom is 0.159 e. The molecule has 1 unspecified atom stereocenters. The fourth-order valence-electron chi connectivity index (χ4n) is 3.45. The predicted molar refractivity (Wildman–Crippen MR) is 105 cm³/mol. The summed E-state index contributed by atoms with van der Waals surface area (Å²) in [6.07, 6.45) is 6.24. The number of hydrogen-bond acceptors (Lipinski definition) is 7. The molecule has 1 atom stereocenters. The average Bonchev–Trinajstić information content (AvgIpc) is 2.69. The first-order valence-corrected chi connectivity index (χ1v) is 9.04. The second-order valence-corrected chi connectivity index (χ2v) is 6.40. The molecular weight excluding hydrogens is 330 g/mol. The highest BCUT2D eigenvalue weighted by atomic mass is 16.5. The summed E-state index contributed by atoms with van der Waals surface area (Å²) < 4.78 is 10.7. The van der Waals surface area contributed by atoms with E-state index in [1.165, 1.54) is 12.8 Å². The van der Waals surface area contributed by atoms with Gasteiger partial charge in [0, 0.05) is 18.7 Å². The second-order valence-electron chi connectivity index (χ2n) is 6.40. The van der Waals surface area contributed by atoms with Crippen molar-refractivity contribution in [3.8, 4) is 11.5 Å². The molecule has 0 bridgehead atoms. The minimum absolute atomic E-state index is 0.476. The number of hydrogen-bond donors (Lipinski definition) is 2. The van der Waals surface area contributed by atoms with Crippen molar-refractivity contribution in [1.82, 2.24) is 9.97 Å². The quantitative estimate of drug-likeness (QED) is 0.817. The Labute approximate surface area is 154 Å². The van der Waals surface area contributed by atoms with Gasteiger partial charge in [0.1, 0.15) is 23.5 Å².